The van der Waals surface area contributed by atoms with Gasteiger partial charge in [0.2, 0.25) is 0 Å². The van der Waals surface area contributed by atoms with E-state index in [1.807, 2.05) is 37.4 Å². The van der Waals surface area contributed by atoms with Gasteiger partial charge >= 0.3 is 0 Å². The number of H-pyrrole nitrogens is 1. The number of Topliss-reactive ketones (excluding diaryl/α,β-unsaturated/α-hetero) is 1. The fourth-order valence-electron chi connectivity index (χ4n) is 4.86. The number of carbonyl (C=O) groups excluding carboxylic acids is 2. The molecule has 0 bridgehead atoms. The summed E-state index contributed by atoms with van der Waals surface area (Å²) in [6.45, 7) is 1.89. The lowest BCUT2D eigenvalue weighted by Crippen LogP contribution is -2.29. The second kappa shape index (κ2) is 12.0. The van der Waals surface area contributed by atoms with E-state index < -0.39 is 0 Å². The molecular formula is C32H33N3O4. The van der Waals surface area contributed by atoms with Crippen molar-refractivity contribution >= 4 is 33.4 Å². The number of benzene rings is 3. The largest absolute Gasteiger partial charge is 0.493 e. The lowest BCUT2D eigenvalue weighted by atomic mass is 10.0. The van der Waals surface area contributed by atoms with Crippen molar-refractivity contribution in [1.82, 2.24) is 15.3 Å². The molecule has 5 aromatic rings. The number of para-hydroxylation sites is 1. The van der Waals surface area contributed by atoms with Gasteiger partial charge in [-0.1, -0.05) is 68.3 Å². The molecule has 0 aliphatic heterocycles. The van der Waals surface area contributed by atoms with Gasteiger partial charge in [-0.15, -0.1) is 0 Å². The van der Waals surface area contributed by atoms with Crippen LogP contribution in [0.1, 0.15) is 67.9 Å². The molecule has 5 rings (SSSR count). The van der Waals surface area contributed by atoms with E-state index in [2.05, 4.69) is 45.6 Å². The molecule has 0 saturated heterocycles. The Balaban J connectivity index is 1.36. The number of hydrogen-bond donors (Lipinski definition) is 2. The fourth-order valence-corrected chi connectivity index (χ4v) is 4.86. The number of furan rings is 1. The number of fused-ring (bicyclic) bond motifs is 2. The maximum Gasteiger partial charge on any atom is 0.287 e. The molecule has 0 saturated carbocycles. The number of hydrogen-bond acceptors (Lipinski definition) is 5. The summed E-state index contributed by atoms with van der Waals surface area (Å²) in [5.74, 6) is 1.45. The summed E-state index contributed by atoms with van der Waals surface area (Å²) in [7, 11) is 1.57. The number of imidazole rings is 1. The Hall–Kier alpha value is -4.39. The van der Waals surface area contributed by atoms with Crippen LogP contribution in [0.15, 0.2) is 77.3 Å². The third-order valence-electron chi connectivity index (χ3n) is 7.09. The quantitative estimate of drug-likeness (QED) is 0.166. The van der Waals surface area contributed by atoms with E-state index in [4.69, 9.17) is 9.15 Å². The minimum Gasteiger partial charge on any atom is -0.493 e. The van der Waals surface area contributed by atoms with Gasteiger partial charge < -0.3 is 19.5 Å². The summed E-state index contributed by atoms with van der Waals surface area (Å²) in [4.78, 5) is 33.1. The zero-order valence-electron chi connectivity index (χ0n) is 22.3. The Morgan fingerprint density at radius 3 is 2.62 bits per heavy atom. The third kappa shape index (κ3) is 6.03. The highest BCUT2D eigenvalue weighted by atomic mass is 16.5. The van der Waals surface area contributed by atoms with E-state index in [1.165, 1.54) is 5.39 Å². The van der Waals surface area contributed by atoms with E-state index in [1.54, 1.807) is 19.2 Å². The molecule has 1 atom stereocenters. The van der Waals surface area contributed by atoms with Crippen LogP contribution in [-0.4, -0.2) is 28.8 Å². The lowest BCUT2D eigenvalue weighted by molar-refractivity contribution is -0.118. The van der Waals surface area contributed by atoms with Crippen LogP contribution in [0, 0.1) is 0 Å². The molecule has 0 fully saturated rings. The number of rotatable bonds is 12. The normalized spacial score (nSPS) is 12.1. The summed E-state index contributed by atoms with van der Waals surface area (Å²) in [5.41, 5.74) is 2.45. The number of methoxy groups -OCH3 is 1. The SMILES string of the molecule is CCC(=O)CCCCC[C@H](NC(=O)c1cc2cccc(OC)c2o1)c1ncc(-c2ccc3ccccc3c2)[nH]1. The van der Waals surface area contributed by atoms with Crippen LogP contribution < -0.4 is 10.1 Å². The van der Waals surface area contributed by atoms with Gasteiger partial charge in [0.05, 0.1) is 25.0 Å². The minimum atomic E-state index is -0.344. The van der Waals surface area contributed by atoms with Gasteiger partial charge in [0.1, 0.15) is 11.6 Å². The molecule has 39 heavy (non-hydrogen) atoms. The van der Waals surface area contributed by atoms with Crippen molar-refractivity contribution in [1.29, 1.82) is 0 Å². The topological polar surface area (TPSA) is 97.2 Å². The predicted molar refractivity (Wildman–Crippen MR) is 153 cm³/mol. The highest BCUT2D eigenvalue weighted by Gasteiger charge is 2.22. The monoisotopic (exact) mass is 523 g/mol. The molecule has 0 aliphatic carbocycles. The molecule has 7 heteroatoms. The molecule has 7 nitrogen and oxygen atoms in total. The summed E-state index contributed by atoms with van der Waals surface area (Å²) < 4.78 is 11.3. The Labute approximate surface area is 227 Å². The summed E-state index contributed by atoms with van der Waals surface area (Å²) in [5, 5.41) is 6.25. The van der Waals surface area contributed by atoms with Gasteiger partial charge in [0.25, 0.3) is 5.91 Å². The van der Waals surface area contributed by atoms with Crippen LogP contribution in [0.2, 0.25) is 0 Å². The van der Waals surface area contributed by atoms with Gasteiger partial charge in [0.15, 0.2) is 17.1 Å². The Kier molecular flexibility index (Phi) is 8.06. The van der Waals surface area contributed by atoms with E-state index in [-0.39, 0.29) is 23.5 Å². The minimum absolute atomic E-state index is 0.217. The van der Waals surface area contributed by atoms with Gasteiger partial charge in [-0.25, -0.2) is 4.98 Å². The zero-order chi connectivity index (χ0) is 27.2. The molecule has 200 valence electrons. The van der Waals surface area contributed by atoms with Crippen LogP contribution in [0.3, 0.4) is 0 Å². The maximum atomic E-state index is 13.3. The van der Waals surface area contributed by atoms with E-state index >= 15 is 0 Å². The molecule has 0 aliphatic rings. The molecule has 2 heterocycles. The van der Waals surface area contributed by atoms with Crippen LogP contribution in [0.25, 0.3) is 33.0 Å². The van der Waals surface area contributed by atoms with Crippen LogP contribution >= 0.6 is 0 Å². The Bertz CT molecular complexity index is 1600. The number of carbonyl (C=O) groups is 2. The van der Waals surface area contributed by atoms with Crippen molar-refractivity contribution < 1.29 is 18.7 Å². The summed E-state index contributed by atoms with van der Waals surface area (Å²) in [6.07, 6.45) is 6.26. The van der Waals surface area contributed by atoms with E-state index in [0.717, 1.165) is 41.3 Å². The third-order valence-corrected chi connectivity index (χ3v) is 7.09. The fraction of sp³-hybridized carbons (Fsp3) is 0.281. The number of nitrogens with zero attached hydrogens (tertiary/aromatic N) is 1. The molecular weight excluding hydrogens is 490 g/mol. The number of aromatic amines is 1. The number of aromatic nitrogens is 2. The summed E-state index contributed by atoms with van der Waals surface area (Å²) >= 11 is 0. The van der Waals surface area contributed by atoms with Gasteiger partial charge in [0, 0.05) is 23.8 Å². The molecule has 2 aromatic heterocycles. The van der Waals surface area contributed by atoms with Gasteiger partial charge in [-0.05, 0) is 41.8 Å². The Morgan fingerprint density at radius 2 is 1.79 bits per heavy atom. The number of unbranched alkanes of at least 4 members (excludes halogenated alkanes) is 2. The number of amides is 1. The summed E-state index contributed by atoms with van der Waals surface area (Å²) in [6, 6.07) is 21.5. The molecule has 3 aromatic carbocycles. The maximum absolute atomic E-state index is 13.3. The molecule has 1 amide bonds. The average molecular weight is 524 g/mol. The van der Waals surface area contributed by atoms with Crippen molar-refractivity contribution in [3.63, 3.8) is 0 Å². The zero-order valence-corrected chi connectivity index (χ0v) is 22.3. The lowest BCUT2D eigenvalue weighted by Gasteiger charge is -2.16. The van der Waals surface area contributed by atoms with Crippen molar-refractivity contribution in [3.05, 3.63) is 84.5 Å². The van der Waals surface area contributed by atoms with E-state index in [9.17, 15) is 9.59 Å². The second-order valence-electron chi connectivity index (χ2n) is 9.75. The first-order valence-corrected chi connectivity index (χ1v) is 13.5. The second-order valence-corrected chi connectivity index (χ2v) is 9.75. The van der Waals surface area contributed by atoms with Crippen molar-refractivity contribution in [3.8, 4) is 17.0 Å². The first kappa shape index (κ1) is 26.2. The molecule has 0 spiro atoms. The highest BCUT2D eigenvalue weighted by molar-refractivity contribution is 5.97. The van der Waals surface area contributed by atoms with Gasteiger partial charge in [-0.3, -0.25) is 9.59 Å². The highest BCUT2D eigenvalue weighted by Crippen LogP contribution is 2.30. The first-order chi connectivity index (χ1) is 19.1. The number of ketones is 1. The average Bonchev–Trinajstić information content (AvgIpc) is 3.64. The standard InChI is InChI=1S/C32H33N3O4/c1-3-25(36)13-5-4-6-14-26(35-32(37)29-19-24-12-9-15-28(38-2)30(24)39-29)31-33-20-27(34-31)23-17-16-21-10-7-8-11-22(21)18-23/h7-12,15-20,26H,3-6,13-14H2,1-2H3,(H,33,34)(H,35,37)/t26-/m0/s1. The van der Waals surface area contributed by atoms with Crippen molar-refractivity contribution in [2.75, 3.05) is 7.11 Å². The first-order valence-electron chi connectivity index (χ1n) is 13.5. The van der Waals surface area contributed by atoms with E-state index in [0.29, 0.717) is 36.4 Å². The Morgan fingerprint density at radius 1 is 0.974 bits per heavy atom. The predicted octanol–water partition coefficient (Wildman–Crippen LogP) is 7.39. The molecule has 0 unspecified atom stereocenters. The van der Waals surface area contributed by atoms with Crippen LogP contribution in [0.5, 0.6) is 5.75 Å². The molecule has 2 N–H and O–H groups in total. The van der Waals surface area contributed by atoms with Gasteiger partial charge in [-0.2, -0.15) is 0 Å². The molecule has 0 radical (unpaired) electrons. The van der Waals surface area contributed by atoms with Crippen molar-refractivity contribution in [2.24, 2.45) is 0 Å². The number of nitrogens with one attached hydrogen (secondary N) is 2. The smallest absolute Gasteiger partial charge is 0.287 e. The van der Waals surface area contributed by atoms with Crippen LogP contribution in [-0.2, 0) is 4.79 Å². The van der Waals surface area contributed by atoms with Crippen molar-refractivity contribution in [2.45, 2.75) is 51.5 Å². The number of ether oxygens (including phenoxy) is 1. The van der Waals surface area contributed by atoms with Crippen LogP contribution in [0.4, 0.5) is 0 Å².